The fourth-order valence-corrected chi connectivity index (χ4v) is 2.25. The normalized spacial score (nSPS) is 27.0. The summed E-state index contributed by atoms with van der Waals surface area (Å²) in [6, 6.07) is -0.224. The van der Waals surface area contributed by atoms with Gasteiger partial charge in [0.05, 0.1) is 20.3 Å². The molecule has 3 N–H and O–H groups in total. The first-order chi connectivity index (χ1) is 10.9. The summed E-state index contributed by atoms with van der Waals surface area (Å²) >= 11 is 0. The molecule has 1 aliphatic rings. The molecule has 128 valence electrons. The Hall–Kier alpha value is -2.01. The zero-order chi connectivity index (χ0) is 17.1. The molecule has 1 fully saturated rings. The number of rotatable bonds is 5. The molecule has 2 rings (SSSR count). The molecule has 1 aromatic rings. The second kappa shape index (κ2) is 7.04. The second-order valence-electron chi connectivity index (χ2n) is 4.80. The second-order valence-corrected chi connectivity index (χ2v) is 4.80. The molecular weight excluding hydrogens is 312 g/mol. The van der Waals surface area contributed by atoms with Crippen LogP contribution in [0.5, 0.6) is 6.01 Å². The lowest BCUT2D eigenvalue weighted by Gasteiger charge is -2.20. The maximum Gasteiger partial charge on any atom is 0.345 e. The van der Waals surface area contributed by atoms with Crippen LogP contribution in [0.4, 0.5) is 0 Å². The van der Waals surface area contributed by atoms with Crippen LogP contribution in [0.1, 0.15) is 23.5 Å². The number of hydrogen-bond donors (Lipinski definition) is 3. The Bertz CT molecular complexity index is 631. The highest BCUT2D eigenvalue weighted by atomic mass is 16.6. The number of aliphatic hydroxyl groups excluding tert-OH is 3. The van der Waals surface area contributed by atoms with Gasteiger partial charge in [-0.25, -0.2) is 4.79 Å². The van der Waals surface area contributed by atoms with E-state index < -0.39 is 42.7 Å². The minimum absolute atomic E-state index is 0.0676. The number of carbonyl (C=O) groups is 1. The van der Waals surface area contributed by atoms with Crippen LogP contribution in [0.3, 0.4) is 0 Å². The number of methoxy groups -OCH3 is 1. The molecule has 0 amide bonds. The SMILES string of the molecule is CCOC(=O)c1cn([C@@H]2O[C@H](CO)[C@@H](O)[C@H]2O)c(OC)nc1=O. The van der Waals surface area contributed by atoms with Gasteiger partial charge in [-0.15, -0.1) is 0 Å². The minimum Gasteiger partial charge on any atom is -0.468 e. The van der Waals surface area contributed by atoms with E-state index >= 15 is 0 Å². The zero-order valence-corrected chi connectivity index (χ0v) is 12.6. The standard InChI is InChI=1S/C13H18N2O8/c1-3-22-12(20)6-4-15(13(21-2)14-10(6)19)11-9(18)8(17)7(5-16)23-11/h4,7-9,11,16-18H,3,5H2,1-2H3/t7-,8-,9-,11-/m1/s1. The van der Waals surface area contributed by atoms with E-state index in [-0.39, 0.29) is 18.2 Å². The average Bonchev–Trinajstić information content (AvgIpc) is 2.82. The van der Waals surface area contributed by atoms with Crippen molar-refractivity contribution in [1.29, 1.82) is 0 Å². The van der Waals surface area contributed by atoms with Crippen molar-refractivity contribution in [3.63, 3.8) is 0 Å². The van der Waals surface area contributed by atoms with Gasteiger partial charge in [0, 0.05) is 6.20 Å². The predicted molar refractivity (Wildman–Crippen MR) is 74.0 cm³/mol. The number of hydrogen-bond acceptors (Lipinski definition) is 9. The van der Waals surface area contributed by atoms with Crippen molar-refractivity contribution >= 4 is 5.97 Å². The molecule has 10 nitrogen and oxygen atoms in total. The van der Waals surface area contributed by atoms with Gasteiger partial charge in [0.2, 0.25) is 0 Å². The predicted octanol–water partition coefficient (Wildman–Crippen LogP) is -1.96. The molecule has 0 bridgehead atoms. The van der Waals surface area contributed by atoms with E-state index in [1.165, 1.54) is 7.11 Å². The van der Waals surface area contributed by atoms with Crippen LogP contribution in [-0.2, 0) is 9.47 Å². The number of aromatic nitrogens is 2. The van der Waals surface area contributed by atoms with Crippen LogP contribution >= 0.6 is 0 Å². The molecule has 0 aromatic carbocycles. The topological polar surface area (TPSA) is 140 Å². The Morgan fingerprint density at radius 2 is 2.13 bits per heavy atom. The Morgan fingerprint density at radius 3 is 2.65 bits per heavy atom. The summed E-state index contributed by atoms with van der Waals surface area (Å²) < 4.78 is 16.1. The highest BCUT2D eigenvalue weighted by molar-refractivity contribution is 5.88. The van der Waals surface area contributed by atoms with Crippen molar-refractivity contribution in [2.75, 3.05) is 20.3 Å². The molecule has 4 atom stereocenters. The molecule has 1 aromatic heterocycles. The molecular formula is C13H18N2O8. The Kier molecular flexibility index (Phi) is 5.31. The van der Waals surface area contributed by atoms with Crippen LogP contribution < -0.4 is 10.3 Å². The summed E-state index contributed by atoms with van der Waals surface area (Å²) in [7, 11) is 1.24. The lowest BCUT2D eigenvalue weighted by Crippen LogP contribution is -2.34. The van der Waals surface area contributed by atoms with E-state index in [0.29, 0.717) is 0 Å². The quantitative estimate of drug-likeness (QED) is 0.525. The van der Waals surface area contributed by atoms with Crippen molar-refractivity contribution < 1.29 is 34.3 Å². The maximum absolute atomic E-state index is 11.9. The third-order valence-electron chi connectivity index (χ3n) is 3.39. The molecule has 0 saturated carbocycles. The first-order valence-corrected chi connectivity index (χ1v) is 6.91. The van der Waals surface area contributed by atoms with Crippen molar-refractivity contribution in [2.24, 2.45) is 0 Å². The lowest BCUT2D eigenvalue weighted by molar-refractivity contribution is -0.0565. The zero-order valence-electron chi connectivity index (χ0n) is 12.6. The summed E-state index contributed by atoms with van der Waals surface area (Å²) in [5, 5.41) is 29.0. The van der Waals surface area contributed by atoms with Crippen LogP contribution in [0.15, 0.2) is 11.0 Å². The third-order valence-corrected chi connectivity index (χ3v) is 3.39. The van der Waals surface area contributed by atoms with Gasteiger partial charge < -0.3 is 29.5 Å². The van der Waals surface area contributed by atoms with Crippen molar-refractivity contribution in [1.82, 2.24) is 9.55 Å². The van der Waals surface area contributed by atoms with Crippen LogP contribution in [0.2, 0.25) is 0 Å². The van der Waals surface area contributed by atoms with Crippen molar-refractivity contribution in [3.05, 3.63) is 22.1 Å². The van der Waals surface area contributed by atoms with Gasteiger partial charge in [0.15, 0.2) is 6.23 Å². The summed E-state index contributed by atoms with van der Waals surface area (Å²) in [6.45, 7) is 1.13. The highest BCUT2D eigenvalue weighted by Crippen LogP contribution is 2.31. The number of nitrogens with zero attached hydrogens (tertiary/aromatic N) is 2. The number of aliphatic hydroxyl groups is 3. The summed E-state index contributed by atoms with van der Waals surface area (Å²) in [4.78, 5) is 27.2. The van der Waals surface area contributed by atoms with E-state index in [2.05, 4.69) is 4.98 Å². The molecule has 0 spiro atoms. The fraction of sp³-hybridized carbons (Fsp3) is 0.615. The lowest BCUT2D eigenvalue weighted by atomic mass is 10.1. The number of ether oxygens (including phenoxy) is 3. The molecule has 2 heterocycles. The van der Waals surface area contributed by atoms with Gasteiger partial charge in [-0.1, -0.05) is 0 Å². The van der Waals surface area contributed by atoms with Crippen LogP contribution in [0, 0.1) is 0 Å². The first-order valence-electron chi connectivity index (χ1n) is 6.91. The smallest absolute Gasteiger partial charge is 0.345 e. The molecule has 1 aliphatic heterocycles. The molecule has 0 aliphatic carbocycles. The summed E-state index contributed by atoms with van der Waals surface area (Å²) in [5.41, 5.74) is -1.23. The van der Waals surface area contributed by atoms with Crippen LogP contribution in [-0.4, -0.2) is 69.5 Å². The van der Waals surface area contributed by atoms with Crippen molar-refractivity contribution in [2.45, 2.75) is 31.5 Å². The molecule has 23 heavy (non-hydrogen) atoms. The Morgan fingerprint density at radius 1 is 1.43 bits per heavy atom. The monoisotopic (exact) mass is 330 g/mol. The molecule has 0 unspecified atom stereocenters. The van der Waals surface area contributed by atoms with Gasteiger partial charge in [-0.05, 0) is 6.92 Å². The van der Waals surface area contributed by atoms with E-state index in [9.17, 15) is 19.8 Å². The molecule has 1 saturated heterocycles. The van der Waals surface area contributed by atoms with Gasteiger partial charge in [0.25, 0.3) is 5.56 Å². The Balaban J connectivity index is 2.47. The van der Waals surface area contributed by atoms with Crippen LogP contribution in [0.25, 0.3) is 0 Å². The van der Waals surface area contributed by atoms with E-state index in [4.69, 9.17) is 19.3 Å². The fourth-order valence-electron chi connectivity index (χ4n) is 2.25. The summed E-state index contributed by atoms with van der Waals surface area (Å²) in [5.74, 6) is -0.881. The van der Waals surface area contributed by atoms with E-state index in [1.54, 1.807) is 6.92 Å². The van der Waals surface area contributed by atoms with Crippen molar-refractivity contribution in [3.8, 4) is 6.01 Å². The Labute approximate surface area is 130 Å². The van der Waals surface area contributed by atoms with E-state index in [1.807, 2.05) is 0 Å². The maximum atomic E-state index is 11.9. The molecule has 0 radical (unpaired) electrons. The van der Waals surface area contributed by atoms with Gasteiger partial charge in [-0.2, -0.15) is 4.98 Å². The van der Waals surface area contributed by atoms with Gasteiger partial charge in [-0.3, -0.25) is 9.36 Å². The van der Waals surface area contributed by atoms with Gasteiger partial charge >= 0.3 is 12.0 Å². The van der Waals surface area contributed by atoms with Gasteiger partial charge in [0.1, 0.15) is 23.9 Å². The third kappa shape index (κ3) is 3.20. The highest BCUT2D eigenvalue weighted by Gasteiger charge is 2.44. The van der Waals surface area contributed by atoms with E-state index in [0.717, 1.165) is 10.8 Å². The number of esters is 1. The largest absolute Gasteiger partial charge is 0.468 e. The number of carbonyl (C=O) groups excluding carboxylic acids is 1. The molecule has 10 heteroatoms. The average molecular weight is 330 g/mol. The summed E-state index contributed by atoms with van der Waals surface area (Å²) in [6.07, 6.45) is -3.91. The minimum atomic E-state index is -1.42. The first kappa shape index (κ1) is 17.3.